The van der Waals surface area contributed by atoms with Crippen LogP contribution in [-0.2, 0) is 11.3 Å². The highest BCUT2D eigenvalue weighted by Crippen LogP contribution is 2.32. The molecule has 158 valence electrons. The lowest BCUT2D eigenvalue weighted by molar-refractivity contribution is -0.119. The molecule has 0 radical (unpaired) electrons. The predicted molar refractivity (Wildman–Crippen MR) is 119 cm³/mol. The number of fused-ring (bicyclic) bond motifs is 1. The minimum atomic E-state index is -0.498. The minimum absolute atomic E-state index is 0.126. The fraction of sp³-hybridized carbons (Fsp3) is 0.200. The molecule has 0 unspecified atom stereocenters. The predicted octanol–water partition coefficient (Wildman–Crippen LogP) is 2.66. The Balaban J connectivity index is 0.00000155. The van der Waals surface area contributed by atoms with Crippen LogP contribution in [0.3, 0.4) is 0 Å². The fourth-order valence-corrected chi connectivity index (χ4v) is 3.09. The number of carbonyl (C=O) groups excluding carboxylic acids is 2. The quantitative estimate of drug-likeness (QED) is 0.501. The van der Waals surface area contributed by atoms with E-state index in [2.05, 4.69) is 38.8 Å². The zero-order valence-corrected chi connectivity index (χ0v) is 18.1. The van der Waals surface area contributed by atoms with E-state index >= 15 is 0 Å². The second kappa shape index (κ2) is 10.7. The molecule has 4 N–H and O–H groups in total. The molecule has 0 aliphatic heterocycles. The number of carbonyl (C=O) groups is 2. The van der Waals surface area contributed by atoms with Crippen molar-refractivity contribution in [2.45, 2.75) is 13.5 Å². The Morgan fingerprint density at radius 2 is 1.97 bits per heavy atom. The maximum Gasteiger partial charge on any atom is 0.272 e. The third-order valence-electron chi connectivity index (χ3n) is 4.16. The number of rotatable bonds is 6. The summed E-state index contributed by atoms with van der Waals surface area (Å²) < 4.78 is 1.69. The van der Waals surface area contributed by atoms with Gasteiger partial charge in [0.1, 0.15) is 5.69 Å². The van der Waals surface area contributed by atoms with E-state index in [0.29, 0.717) is 16.5 Å². The van der Waals surface area contributed by atoms with E-state index in [-0.39, 0.29) is 24.7 Å². The van der Waals surface area contributed by atoms with Crippen molar-refractivity contribution < 1.29 is 9.59 Å². The van der Waals surface area contributed by atoms with Crippen LogP contribution >= 0.6 is 23.2 Å². The number of aryl methyl sites for hydroxylation is 1. The van der Waals surface area contributed by atoms with Crippen LogP contribution in [0.2, 0.25) is 5.02 Å². The first-order valence-corrected chi connectivity index (χ1v) is 9.99. The van der Waals surface area contributed by atoms with E-state index < -0.39 is 5.91 Å². The zero-order valence-electron chi connectivity index (χ0n) is 16.6. The van der Waals surface area contributed by atoms with Gasteiger partial charge in [-0.15, -0.1) is 11.6 Å². The number of aromatic nitrogens is 3. The van der Waals surface area contributed by atoms with Gasteiger partial charge in [-0.25, -0.2) is 9.97 Å². The van der Waals surface area contributed by atoms with E-state index in [1.54, 1.807) is 16.7 Å². The lowest BCUT2D eigenvalue weighted by atomic mass is 10.0. The second-order valence-corrected chi connectivity index (χ2v) is 6.37. The lowest BCUT2D eigenvalue weighted by Crippen LogP contribution is -2.34. The summed E-state index contributed by atoms with van der Waals surface area (Å²) in [6, 6.07) is 7.35. The van der Waals surface area contributed by atoms with Crippen LogP contribution in [-0.4, -0.2) is 39.1 Å². The first-order valence-electron chi connectivity index (χ1n) is 8.86. The molecular formula is C20H22Cl2N6O2. The standard InChI is InChI=1S/C19H19ClN6O2.CH3Cl/c1-3-22-16(27)9-23-18(28)15-10-26-17(12-6-4-5-7-14(12)20)13(8-21)11(2)24-19(26)25-15;1-2/h3-7,10H,1,8-9,21H2,2H3,(H,22,27)(H,23,28);1H3. The first-order chi connectivity index (χ1) is 14.5. The van der Waals surface area contributed by atoms with Crippen molar-refractivity contribution in [2.75, 3.05) is 12.9 Å². The molecule has 1 aromatic carbocycles. The number of imidazole rings is 1. The monoisotopic (exact) mass is 448 g/mol. The molecule has 2 amide bonds. The Bertz CT molecular complexity index is 1080. The van der Waals surface area contributed by atoms with Crippen LogP contribution in [0.25, 0.3) is 17.0 Å². The molecule has 0 aliphatic carbocycles. The van der Waals surface area contributed by atoms with Gasteiger partial charge in [0.15, 0.2) is 0 Å². The highest BCUT2D eigenvalue weighted by atomic mass is 35.5. The SMILES string of the molecule is C=CNC(=O)CNC(=O)c1cn2c(-c3ccccc3Cl)c(CN)c(C)nc2n1.CCl. The Kier molecular flexibility index (Phi) is 8.35. The second-order valence-electron chi connectivity index (χ2n) is 5.96. The molecule has 0 fully saturated rings. The Morgan fingerprint density at radius 3 is 2.60 bits per heavy atom. The number of halogens is 2. The van der Waals surface area contributed by atoms with Gasteiger partial charge in [-0.3, -0.25) is 14.0 Å². The fourth-order valence-electron chi connectivity index (χ4n) is 2.86. The van der Waals surface area contributed by atoms with Crippen molar-refractivity contribution in [1.29, 1.82) is 0 Å². The summed E-state index contributed by atoms with van der Waals surface area (Å²) in [6.07, 6.45) is 4.27. The summed E-state index contributed by atoms with van der Waals surface area (Å²) in [7, 11) is 0. The van der Waals surface area contributed by atoms with E-state index in [1.807, 2.05) is 25.1 Å². The van der Waals surface area contributed by atoms with Crippen LogP contribution in [0.4, 0.5) is 0 Å². The molecule has 10 heteroatoms. The Morgan fingerprint density at radius 1 is 1.27 bits per heavy atom. The van der Waals surface area contributed by atoms with Gasteiger partial charge in [0.05, 0.1) is 12.2 Å². The summed E-state index contributed by atoms with van der Waals surface area (Å²) in [5, 5.41) is 5.43. The summed E-state index contributed by atoms with van der Waals surface area (Å²) in [5.41, 5.74) is 9.07. The maximum atomic E-state index is 12.4. The molecule has 3 rings (SSSR count). The van der Waals surface area contributed by atoms with Crippen molar-refractivity contribution in [3.63, 3.8) is 0 Å². The minimum Gasteiger partial charge on any atom is -0.342 e. The molecule has 0 saturated heterocycles. The van der Waals surface area contributed by atoms with Crippen molar-refractivity contribution in [3.05, 3.63) is 65.2 Å². The molecule has 0 aliphatic rings. The third-order valence-corrected chi connectivity index (χ3v) is 4.49. The number of benzene rings is 1. The number of hydrogen-bond donors (Lipinski definition) is 3. The maximum absolute atomic E-state index is 12.4. The smallest absolute Gasteiger partial charge is 0.272 e. The summed E-state index contributed by atoms with van der Waals surface area (Å²) in [4.78, 5) is 32.6. The highest BCUT2D eigenvalue weighted by molar-refractivity contribution is 6.33. The molecule has 2 heterocycles. The number of nitrogens with zero attached hydrogens (tertiary/aromatic N) is 3. The van der Waals surface area contributed by atoms with Crippen LogP contribution < -0.4 is 16.4 Å². The van der Waals surface area contributed by atoms with Crippen LogP contribution in [0, 0.1) is 6.92 Å². The van der Waals surface area contributed by atoms with Crippen molar-refractivity contribution in [2.24, 2.45) is 5.73 Å². The normalized spacial score (nSPS) is 10.2. The average molecular weight is 449 g/mol. The van der Waals surface area contributed by atoms with Crippen LogP contribution in [0.1, 0.15) is 21.7 Å². The molecule has 2 aromatic heterocycles. The van der Waals surface area contributed by atoms with Gasteiger partial charge in [0.25, 0.3) is 5.91 Å². The molecule has 0 bridgehead atoms. The summed E-state index contributed by atoms with van der Waals surface area (Å²) >= 11 is 11.0. The molecule has 30 heavy (non-hydrogen) atoms. The van der Waals surface area contributed by atoms with Gasteiger partial charge in [0, 0.05) is 41.0 Å². The zero-order chi connectivity index (χ0) is 22.3. The summed E-state index contributed by atoms with van der Waals surface area (Å²) in [6.45, 7) is 5.27. The molecule has 0 atom stereocenters. The van der Waals surface area contributed by atoms with Gasteiger partial charge in [-0.05, 0) is 19.2 Å². The molecule has 0 saturated carbocycles. The molecular weight excluding hydrogens is 427 g/mol. The van der Waals surface area contributed by atoms with E-state index in [1.165, 1.54) is 12.6 Å². The van der Waals surface area contributed by atoms with E-state index in [9.17, 15) is 9.59 Å². The van der Waals surface area contributed by atoms with Crippen LogP contribution in [0.15, 0.2) is 43.2 Å². The molecule has 3 aromatic rings. The van der Waals surface area contributed by atoms with Gasteiger partial charge in [-0.1, -0.05) is 36.4 Å². The molecule has 8 nitrogen and oxygen atoms in total. The number of alkyl halides is 1. The van der Waals surface area contributed by atoms with Crippen molar-refractivity contribution in [1.82, 2.24) is 25.0 Å². The Hall–Kier alpha value is -2.94. The van der Waals surface area contributed by atoms with E-state index in [0.717, 1.165) is 16.8 Å². The van der Waals surface area contributed by atoms with Gasteiger partial charge < -0.3 is 16.4 Å². The van der Waals surface area contributed by atoms with Crippen molar-refractivity contribution in [3.8, 4) is 11.3 Å². The number of hydrogen-bond acceptors (Lipinski definition) is 5. The topological polar surface area (TPSA) is 114 Å². The Labute approximate surface area is 184 Å². The largest absolute Gasteiger partial charge is 0.342 e. The van der Waals surface area contributed by atoms with Gasteiger partial charge in [0.2, 0.25) is 11.7 Å². The number of amides is 2. The lowest BCUT2D eigenvalue weighted by Gasteiger charge is -2.14. The summed E-state index contributed by atoms with van der Waals surface area (Å²) in [5.74, 6) is -0.546. The number of nitrogens with one attached hydrogen (secondary N) is 2. The van der Waals surface area contributed by atoms with Crippen LogP contribution in [0.5, 0.6) is 0 Å². The number of nitrogens with two attached hydrogens (primary N) is 1. The third kappa shape index (κ3) is 4.96. The first kappa shape index (κ1) is 23.3. The average Bonchev–Trinajstić information content (AvgIpc) is 3.17. The highest BCUT2D eigenvalue weighted by Gasteiger charge is 2.20. The van der Waals surface area contributed by atoms with Gasteiger partial charge >= 0.3 is 0 Å². The van der Waals surface area contributed by atoms with E-state index in [4.69, 9.17) is 17.3 Å². The molecule has 0 spiro atoms. The van der Waals surface area contributed by atoms with Gasteiger partial charge in [-0.2, -0.15) is 0 Å². The van der Waals surface area contributed by atoms with Crippen molar-refractivity contribution >= 4 is 40.8 Å².